The highest BCUT2D eigenvalue weighted by Gasteiger charge is 2.47. The molecule has 2 aliphatic carbocycles. The second-order valence-corrected chi connectivity index (χ2v) is 6.24. The smallest absolute Gasteiger partial charge is 0.309 e. The Kier molecular flexibility index (Phi) is 2.69. The quantitative estimate of drug-likeness (QED) is 0.882. The van der Waals surface area contributed by atoms with Gasteiger partial charge in [-0.1, -0.05) is 31.2 Å². The lowest BCUT2D eigenvalue weighted by atomic mass is 9.67. The van der Waals surface area contributed by atoms with Crippen LogP contribution in [0.1, 0.15) is 49.7 Å². The van der Waals surface area contributed by atoms with Crippen LogP contribution in [-0.4, -0.2) is 11.1 Å². The van der Waals surface area contributed by atoms with E-state index in [1.165, 1.54) is 11.1 Å². The van der Waals surface area contributed by atoms with Crippen LogP contribution < -0.4 is 0 Å². The predicted octanol–water partition coefficient (Wildman–Crippen LogP) is 3.61. The normalized spacial score (nSPS) is 33.8. The Hall–Kier alpha value is -1.31. The minimum atomic E-state index is -0.573. The van der Waals surface area contributed by atoms with E-state index in [0.717, 1.165) is 32.1 Å². The molecule has 0 spiro atoms. The van der Waals surface area contributed by atoms with Crippen LogP contribution in [-0.2, 0) is 11.2 Å². The molecule has 0 aromatic heterocycles. The fourth-order valence-corrected chi connectivity index (χ4v) is 3.88. The van der Waals surface area contributed by atoms with Crippen LogP contribution in [0.15, 0.2) is 24.3 Å². The zero-order chi connectivity index (χ0) is 12.8. The third-order valence-corrected chi connectivity index (χ3v) is 4.91. The van der Waals surface area contributed by atoms with Crippen molar-refractivity contribution in [3.63, 3.8) is 0 Å². The Balaban J connectivity index is 1.78. The third-order valence-electron chi connectivity index (χ3n) is 4.91. The Labute approximate surface area is 108 Å². The van der Waals surface area contributed by atoms with Crippen molar-refractivity contribution in [3.05, 3.63) is 35.4 Å². The number of hydrogen-bond donors (Lipinski definition) is 1. The van der Waals surface area contributed by atoms with Gasteiger partial charge in [0.25, 0.3) is 0 Å². The number of carboxylic acids is 1. The maximum atomic E-state index is 11.7. The van der Waals surface area contributed by atoms with Crippen LogP contribution in [0.25, 0.3) is 0 Å². The molecule has 3 unspecified atom stereocenters. The van der Waals surface area contributed by atoms with Crippen molar-refractivity contribution in [3.8, 4) is 0 Å². The number of carboxylic acid groups (broad SMARTS) is 1. The van der Waals surface area contributed by atoms with E-state index in [-0.39, 0.29) is 0 Å². The Morgan fingerprint density at radius 1 is 1.44 bits per heavy atom. The summed E-state index contributed by atoms with van der Waals surface area (Å²) in [7, 11) is 0. The third kappa shape index (κ3) is 1.75. The monoisotopic (exact) mass is 244 g/mol. The summed E-state index contributed by atoms with van der Waals surface area (Å²) in [5, 5.41) is 9.60. The summed E-state index contributed by atoms with van der Waals surface area (Å²) >= 11 is 0. The van der Waals surface area contributed by atoms with Gasteiger partial charge >= 0.3 is 5.97 Å². The summed E-state index contributed by atoms with van der Waals surface area (Å²) in [6, 6.07) is 8.46. The van der Waals surface area contributed by atoms with Crippen LogP contribution in [0.4, 0.5) is 0 Å². The molecule has 0 radical (unpaired) electrons. The van der Waals surface area contributed by atoms with E-state index in [0.29, 0.717) is 11.8 Å². The minimum Gasteiger partial charge on any atom is -0.481 e. The van der Waals surface area contributed by atoms with Crippen molar-refractivity contribution in [2.24, 2.45) is 11.3 Å². The molecule has 1 N–H and O–H groups in total. The van der Waals surface area contributed by atoms with Crippen molar-refractivity contribution in [1.82, 2.24) is 0 Å². The molecular weight excluding hydrogens is 224 g/mol. The number of carbonyl (C=O) groups is 1. The van der Waals surface area contributed by atoms with Gasteiger partial charge in [-0.15, -0.1) is 0 Å². The van der Waals surface area contributed by atoms with Crippen LogP contribution in [0.3, 0.4) is 0 Å². The molecule has 3 rings (SSSR count). The van der Waals surface area contributed by atoms with E-state index in [9.17, 15) is 9.90 Å². The van der Waals surface area contributed by atoms with Gasteiger partial charge in [0.1, 0.15) is 0 Å². The van der Waals surface area contributed by atoms with Gasteiger partial charge in [-0.3, -0.25) is 4.79 Å². The topological polar surface area (TPSA) is 37.3 Å². The first-order valence-corrected chi connectivity index (χ1v) is 6.92. The zero-order valence-corrected chi connectivity index (χ0v) is 10.9. The van der Waals surface area contributed by atoms with E-state index < -0.39 is 11.4 Å². The highest BCUT2D eigenvalue weighted by Crippen LogP contribution is 2.51. The molecule has 0 saturated heterocycles. The van der Waals surface area contributed by atoms with Crippen molar-refractivity contribution < 1.29 is 9.90 Å². The van der Waals surface area contributed by atoms with Gasteiger partial charge < -0.3 is 5.11 Å². The SMILES string of the molecule is CC1CCC(CC2Cc3ccccc32)(C(=O)O)C1. The lowest BCUT2D eigenvalue weighted by Gasteiger charge is -2.36. The maximum absolute atomic E-state index is 11.7. The van der Waals surface area contributed by atoms with Gasteiger partial charge in [0.05, 0.1) is 5.41 Å². The molecule has 1 aromatic carbocycles. The molecule has 0 aliphatic heterocycles. The fraction of sp³-hybridized carbons (Fsp3) is 0.562. The van der Waals surface area contributed by atoms with Crippen molar-refractivity contribution in [2.45, 2.75) is 44.9 Å². The van der Waals surface area contributed by atoms with Gasteiger partial charge in [0.15, 0.2) is 0 Å². The summed E-state index contributed by atoms with van der Waals surface area (Å²) in [5.74, 6) is 0.468. The second kappa shape index (κ2) is 4.11. The van der Waals surface area contributed by atoms with E-state index in [1.54, 1.807) is 0 Å². The molecule has 2 aliphatic rings. The van der Waals surface area contributed by atoms with Crippen LogP contribution >= 0.6 is 0 Å². The molecule has 1 fully saturated rings. The molecule has 3 atom stereocenters. The summed E-state index contributed by atoms with van der Waals surface area (Å²) in [4.78, 5) is 11.7. The predicted molar refractivity (Wildman–Crippen MR) is 70.6 cm³/mol. The highest BCUT2D eigenvalue weighted by atomic mass is 16.4. The summed E-state index contributed by atoms with van der Waals surface area (Å²) in [6.45, 7) is 2.18. The molecular formula is C16H20O2. The van der Waals surface area contributed by atoms with Gasteiger partial charge in [-0.2, -0.15) is 0 Å². The maximum Gasteiger partial charge on any atom is 0.309 e. The van der Waals surface area contributed by atoms with E-state index >= 15 is 0 Å². The van der Waals surface area contributed by atoms with Crippen molar-refractivity contribution in [2.75, 3.05) is 0 Å². The lowest BCUT2D eigenvalue weighted by Crippen LogP contribution is -2.33. The van der Waals surface area contributed by atoms with Crippen LogP contribution in [0.2, 0.25) is 0 Å². The number of rotatable bonds is 3. The van der Waals surface area contributed by atoms with Crippen molar-refractivity contribution >= 4 is 5.97 Å². The molecule has 0 heterocycles. The van der Waals surface area contributed by atoms with E-state index in [4.69, 9.17) is 0 Å². The first-order valence-electron chi connectivity index (χ1n) is 6.92. The molecule has 18 heavy (non-hydrogen) atoms. The molecule has 0 amide bonds. The number of hydrogen-bond acceptors (Lipinski definition) is 1. The minimum absolute atomic E-state index is 0.447. The molecule has 2 heteroatoms. The molecule has 0 bridgehead atoms. The van der Waals surface area contributed by atoms with Crippen LogP contribution in [0.5, 0.6) is 0 Å². The van der Waals surface area contributed by atoms with Gasteiger partial charge in [-0.05, 0) is 55.1 Å². The second-order valence-electron chi connectivity index (χ2n) is 6.24. The van der Waals surface area contributed by atoms with Gasteiger partial charge in [0.2, 0.25) is 0 Å². The Morgan fingerprint density at radius 2 is 2.22 bits per heavy atom. The van der Waals surface area contributed by atoms with Gasteiger partial charge in [-0.25, -0.2) is 0 Å². The zero-order valence-electron chi connectivity index (χ0n) is 10.9. The standard InChI is InChI=1S/C16H20O2/c1-11-6-7-16(9-11,15(17)18)10-13-8-12-4-2-3-5-14(12)13/h2-5,11,13H,6-10H2,1H3,(H,17,18). The molecule has 96 valence electrons. The Morgan fingerprint density at radius 3 is 2.83 bits per heavy atom. The highest BCUT2D eigenvalue weighted by molar-refractivity contribution is 5.75. The first-order chi connectivity index (χ1) is 8.61. The summed E-state index contributed by atoms with van der Waals surface area (Å²) in [6.07, 6.45) is 4.70. The van der Waals surface area contributed by atoms with E-state index in [2.05, 4.69) is 31.2 Å². The first kappa shape index (κ1) is 11.8. The lowest BCUT2D eigenvalue weighted by molar-refractivity contribution is -0.149. The fourth-order valence-electron chi connectivity index (χ4n) is 3.88. The molecule has 1 aromatic rings. The average molecular weight is 244 g/mol. The molecule has 2 nitrogen and oxygen atoms in total. The average Bonchev–Trinajstić information content (AvgIpc) is 2.69. The number of fused-ring (bicyclic) bond motifs is 1. The molecule has 1 saturated carbocycles. The summed E-state index contributed by atoms with van der Waals surface area (Å²) in [5.41, 5.74) is 2.35. The van der Waals surface area contributed by atoms with Gasteiger partial charge in [0, 0.05) is 0 Å². The van der Waals surface area contributed by atoms with Crippen LogP contribution in [0, 0.1) is 11.3 Å². The largest absolute Gasteiger partial charge is 0.481 e. The summed E-state index contributed by atoms with van der Waals surface area (Å²) < 4.78 is 0. The number of aliphatic carboxylic acids is 1. The van der Waals surface area contributed by atoms with Crippen molar-refractivity contribution in [1.29, 1.82) is 0 Å². The number of benzene rings is 1. The Bertz CT molecular complexity index is 480. The van der Waals surface area contributed by atoms with E-state index in [1.807, 2.05) is 0 Å².